The summed E-state index contributed by atoms with van der Waals surface area (Å²) >= 11 is 5.31. The third kappa shape index (κ3) is 4.72. The number of nitrogens with zero attached hydrogens (tertiary/aromatic N) is 1. The van der Waals surface area contributed by atoms with Gasteiger partial charge in [-0.15, -0.1) is 11.6 Å². The molecule has 0 radical (unpaired) electrons. The summed E-state index contributed by atoms with van der Waals surface area (Å²) in [6, 6.07) is 0. The highest BCUT2D eigenvalue weighted by Crippen LogP contribution is 1.96. The molecule has 0 bridgehead atoms. The molecule has 5 heteroatoms. The fraction of sp³-hybridized carbons (Fsp3) is 0.750. The van der Waals surface area contributed by atoms with Gasteiger partial charge in [0.15, 0.2) is 0 Å². The largest absolute Gasteiger partial charge is 0.453 e. The molecule has 0 rings (SSSR count). The molecular weight excluding hydrogens is 194 g/mol. The van der Waals surface area contributed by atoms with Gasteiger partial charge in [-0.25, -0.2) is 4.79 Å². The minimum Gasteiger partial charge on any atom is -0.453 e. The average molecular weight is 208 g/mol. The number of hydrogen-bond acceptors (Lipinski definition) is 3. The molecule has 0 aliphatic heterocycles. The first-order valence-electron chi connectivity index (χ1n) is 4.06. The van der Waals surface area contributed by atoms with E-state index in [-0.39, 0.29) is 18.1 Å². The van der Waals surface area contributed by atoms with Crippen LogP contribution in [0.15, 0.2) is 0 Å². The molecule has 0 aliphatic rings. The van der Waals surface area contributed by atoms with E-state index >= 15 is 0 Å². The summed E-state index contributed by atoms with van der Waals surface area (Å²) in [5, 5.41) is 0. The quantitative estimate of drug-likeness (QED) is 0.638. The van der Waals surface area contributed by atoms with Crippen LogP contribution in [0.25, 0.3) is 0 Å². The topological polar surface area (TPSA) is 46.6 Å². The Kier molecular flexibility index (Phi) is 6.32. The van der Waals surface area contributed by atoms with Crippen LogP contribution in [0.3, 0.4) is 0 Å². The van der Waals surface area contributed by atoms with Crippen LogP contribution >= 0.6 is 11.6 Å². The van der Waals surface area contributed by atoms with Crippen molar-refractivity contribution in [3.8, 4) is 0 Å². The Hall–Kier alpha value is -0.770. The van der Waals surface area contributed by atoms with Crippen molar-refractivity contribution in [1.82, 2.24) is 4.90 Å². The van der Waals surface area contributed by atoms with Gasteiger partial charge in [0.25, 0.3) is 0 Å². The molecule has 0 N–H and O–H groups in total. The van der Waals surface area contributed by atoms with Gasteiger partial charge in [0.1, 0.15) is 5.78 Å². The molecular formula is C8H14ClNO3. The third-order valence-electron chi connectivity index (χ3n) is 1.62. The molecule has 13 heavy (non-hydrogen) atoms. The molecule has 0 aliphatic carbocycles. The molecule has 0 aromatic carbocycles. The first kappa shape index (κ1) is 12.2. The number of hydrogen-bond donors (Lipinski definition) is 0. The normalized spacial score (nSPS) is 9.46. The van der Waals surface area contributed by atoms with E-state index in [9.17, 15) is 9.59 Å². The Morgan fingerprint density at radius 1 is 1.46 bits per heavy atom. The van der Waals surface area contributed by atoms with Crippen LogP contribution in [-0.2, 0) is 9.53 Å². The monoisotopic (exact) mass is 207 g/mol. The zero-order valence-electron chi connectivity index (χ0n) is 7.88. The SMILES string of the molecule is CCN(CCC(=O)CCl)C(=O)OC. The van der Waals surface area contributed by atoms with E-state index in [1.807, 2.05) is 6.92 Å². The fourth-order valence-electron chi connectivity index (χ4n) is 0.834. The molecule has 0 aromatic rings. The zero-order chi connectivity index (χ0) is 10.3. The molecule has 0 atom stereocenters. The molecule has 0 unspecified atom stereocenters. The van der Waals surface area contributed by atoms with Gasteiger partial charge in [-0.3, -0.25) is 4.79 Å². The summed E-state index contributed by atoms with van der Waals surface area (Å²) in [7, 11) is 1.31. The number of rotatable bonds is 5. The number of carbonyl (C=O) groups is 2. The lowest BCUT2D eigenvalue weighted by atomic mass is 10.3. The number of amides is 1. The molecule has 1 amide bonds. The van der Waals surface area contributed by atoms with Gasteiger partial charge in [-0.2, -0.15) is 0 Å². The molecule has 0 fully saturated rings. The van der Waals surface area contributed by atoms with Gasteiger partial charge in [-0.05, 0) is 6.92 Å². The molecule has 0 aromatic heterocycles. The van der Waals surface area contributed by atoms with Crippen LogP contribution < -0.4 is 0 Å². The van der Waals surface area contributed by atoms with Gasteiger partial charge >= 0.3 is 6.09 Å². The first-order chi connectivity index (χ1) is 6.15. The summed E-state index contributed by atoms with van der Waals surface area (Å²) in [4.78, 5) is 23.3. The Balaban J connectivity index is 3.85. The number of carbonyl (C=O) groups excluding carboxylic acids is 2. The number of halogens is 1. The molecule has 4 nitrogen and oxygen atoms in total. The second kappa shape index (κ2) is 6.71. The van der Waals surface area contributed by atoms with E-state index in [0.717, 1.165) is 0 Å². The van der Waals surface area contributed by atoms with Crippen molar-refractivity contribution in [2.45, 2.75) is 13.3 Å². The van der Waals surface area contributed by atoms with Crippen molar-refractivity contribution < 1.29 is 14.3 Å². The van der Waals surface area contributed by atoms with Crippen molar-refractivity contribution in [2.75, 3.05) is 26.1 Å². The number of ether oxygens (including phenoxy) is 1. The smallest absolute Gasteiger partial charge is 0.409 e. The minimum absolute atomic E-state index is 0.00126. The number of alkyl halides is 1. The summed E-state index contributed by atoms with van der Waals surface area (Å²) < 4.78 is 4.51. The van der Waals surface area contributed by atoms with Crippen LogP contribution in [0, 0.1) is 0 Å². The van der Waals surface area contributed by atoms with Crippen LogP contribution in [0.5, 0.6) is 0 Å². The molecule has 0 heterocycles. The third-order valence-corrected chi connectivity index (χ3v) is 1.92. The zero-order valence-corrected chi connectivity index (χ0v) is 8.63. The lowest BCUT2D eigenvalue weighted by molar-refractivity contribution is -0.116. The van der Waals surface area contributed by atoms with Crippen LogP contribution in [0.4, 0.5) is 4.79 Å². The summed E-state index contributed by atoms with van der Waals surface area (Å²) in [5.74, 6) is -0.0670. The lowest BCUT2D eigenvalue weighted by Gasteiger charge is -2.18. The Morgan fingerprint density at radius 3 is 2.46 bits per heavy atom. The maximum absolute atomic E-state index is 11.0. The van der Waals surface area contributed by atoms with Crippen molar-refractivity contribution in [2.24, 2.45) is 0 Å². The second-order valence-corrected chi connectivity index (χ2v) is 2.74. The van der Waals surface area contributed by atoms with Gasteiger partial charge in [0.2, 0.25) is 0 Å². The number of ketones is 1. The molecule has 76 valence electrons. The standard InChI is InChI=1S/C8H14ClNO3/c1-3-10(8(12)13-2)5-4-7(11)6-9/h3-6H2,1-2H3. The highest BCUT2D eigenvalue weighted by molar-refractivity contribution is 6.27. The summed E-state index contributed by atoms with van der Waals surface area (Å²) in [6.45, 7) is 2.72. The van der Waals surface area contributed by atoms with Crippen molar-refractivity contribution in [3.05, 3.63) is 0 Å². The van der Waals surface area contributed by atoms with Crippen molar-refractivity contribution >= 4 is 23.5 Å². The van der Waals surface area contributed by atoms with Crippen LogP contribution in [0.2, 0.25) is 0 Å². The number of methoxy groups -OCH3 is 1. The Bertz CT molecular complexity index is 184. The molecule has 0 saturated carbocycles. The molecule has 0 saturated heterocycles. The first-order valence-corrected chi connectivity index (χ1v) is 4.59. The summed E-state index contributed by atoms with van der Waals surface area (Å²) in [6.07, 6.45) is -0.128. The van der Waals surface area contributed by atoms with E-state index in [2.05, 4.69) is 4.74 Å². The van der Waals surface area contributed by atoms with Crippen LogP contribution in [-0.4, -0.2) is 42.9 Å². The van der Waals surface area contributed by atoms with Crippen LogP contribution in [0.1, 0.15) is 13.3 Å². The van der Waals surface area contributed by atoms with Gasteiger partial charge in [0.05, 0.1) is 13.0 Å². The van der Waals surface area contributed by atoms with E-state index in [1.165, 1.54) is 12.0 Å². The van der Waals surface area contributed by atoms with E-state index in [1.54, 1.807) is 0 Å². The van der Waals surface area contributed by atoms with Crippen molar-refractivity contribution in [3.63, 3.8) is 0 Å². The minimum atomic E-state index is -0.412. The Labute approximate surface area is 82.8 Å². The maximum atomic E-state index is 11.0. The second-order valence-electron chi connectivity index (χ2n) is 2.47. The maximum Gasteiger partial charge on any atom is 0.409 e. The van der Waals surface area contributed by atoms with Gasteiger partial charge in [-0.1, -0.05) is 0 Å². The average Bonchev–Trinajstić information content (AvgIpc) is 2.17. The predicted molar refractivity (Wildman–Crippen MR) is 50.0 cm³/mol. The molecule has 0 spiro atoms. The van der Waals surface area contributed by atoms with E-state index in [4.69, 9.17) is 11.6 Å². The van der Waals surface area contributed by atoms with Gasteiger partial charge in [0, 0.05) is 19.5 Å². The fourth-order valence-corrected chi connectivity index (χ4v) is 0.968. The van der Waals surface area contributed by atoms with E-state index < -0.39 is 6.09 Å². The highest BCUT2D eigenvalue weighted by Gasteiger charge is 2.12. The Morgan fingerprint density at radius 2 is 2.08 bits per heavy atom. The van der Waals surface area contributed by atoms with Gasteiger partial charge < -0.3 is 9.64 Å². The van der Waals surface area contributed by atoms with E-state index in [0.29, 0.717) is 13.1 Å². The van der Waals surface area contributed by atoms with Crippen molar-refractivity contribution in [1.29, 1.82) is 0 Å². The summed E-state index contributed by atoms with van der Waals surface area (Å²) in [5.41, 5.74) is 0. The highest BCUT2D eigenvalue weighted by atomic mass is 35.5. The lowest BCUT2D eigenvalue weighted by Crippen LogP contribution is -2.32. The number of Topliss-reactive ketones (excluding diaryl/α,β-unsaturated/α-hetero) is 1. The predicted octanol–water partition coefficient (Wildman–Crippen LogP) is 1.27.